The molecule has 75 heavy (non-hydrogen) atoms. The minimum absolute atomic E-state index is 0.180. The van der Waals surface area contributed by atoms with E-state index < -0.39 is 24.3 Å². The molecule has 0 rings (SSSR count). The molecular formula is C66H112NO8+. The number of rotatable bonds is 54. The summed E-state index contributed by atoms with van der Waals surface area (Å²) in [5.41, 5.74) is 0. The van der Waals surface area contributed by atoms with Crippen molar-refractivity contribution >= 4 is 17.9 Å². The van der Waals surface area contributed by atoms with Crippen molar-refractivity contribution in [3.8, 4) is 0 Å². The van der Waals surface area contributed by atoms with Gasteiger partial charge in [-0.3, -0.25) is 9.59 Å². The van der Waals surface area contributed by atoms with Gasteiger partial charge in [0.1, 0.15) is 13.2 Å². The molecular weight excluding hydrogens is 935 g/mol. The Balaban J connectivity index is 4.26. The van der Waals surface area contributed by atoms with Crippen LogP contribution in [0, 0.1) is 0 Å². The lowest BCUT2D eigenvalue weighted by molar-refractivity contribution is -0.870. The van der Waals surface area contributed by atoms with Crippen LogP contribution in [0.5, 0.6) is 0 Å². The van der Waals surface area contributed by atoms with Gasteiger partial charge in [-0.05, 0) is 103 Å². The van der Waals surface area contributed by atoms with Gasteiger partial charge in [-0.25, -0.2) is 4.79 Å². The molecule has 0 amide bonds. The molecule has 0 fully saturated rings. The summed E-state index contributed by atoms with van der Waals surface area (Å²) in [6.45, 7) is 4.72. The van der Waals surface area contributed by atoms with E-state index in [0.717, 1.165) is 96.3 Å². The van der Waals surface area contributed by atoms with Crippen molar-refractivity contribution in [1.29, 1.82) is 0 Å². The number of aliphatic carboxylic acids is 1. The molecule has 0 aromatic heterocycles. The second kappa shape index (κ2) is 56.2. The van der Waals surface area contributed by atoms with Crippen molar-refractivity contribution in [2.24, 2.45) is 0 Å². The average Bonchev–Trinajstić information content (AvgIpc) is 3.38. The summed E-state index contributed by atoms with van der Waals surface area (Å²) in [7, 11) is 5.96. The fourth-order valence-electron chi connectivity index (χ4n) is 7.91. The number of unbranched alkanes of at least 4 members (excludes halogenated alkanes) is 21. The predicted molar refractivity (Wildman–Crippen MR) is 318 cm³/mol. The number of quaternary nitrogens is 1. The van der Waals surface area contributed by atoms with E-state index in [9.17, 15) is 19.5 Å². The zero-order chi connectivity index (χ0) is 54.8. The van der Waals surface area contributed by atoms with Crippen molar-refractivity contribution in [2.45, 2.75) is 245 Å². The maximum absolute atomic E-state index is 12.9. The van der Waals surface area contributed by atoms with Crippen molar-refractivity contribution in [3.63, 3.8) is 0 Å². The lowest BCUT2D eigenvalue weighted by Gasteiger charge is -2.25. The van der Waals surface area contributed by atoms with E-state index in [1.165, 1.54) is 103 Å². The number of esters is 2. The van der Waals surface area contributed by atoms with Gasteiger partial charge in [-0.15, -0.1) is 0 Å². The predicted octanol–water partition coefficient (Wildman–Crippen LogP) is 17.9. The third-order valence-corrected chi connectivity index (χ3v) is 12.5. The van der Waals surface area contributed by atoms with Gasteiger partial charge in [-0.2, -0.15) is 0 Å². The zero-order valence-corrected chi connectivity index (χ0v) is 48.7. The van der Waals surface area contributed by atoms with Gasteiger partial charge in [0.05, 0.1) is 34.4 Å². The topological polar surface area (TPSA) is 108 Å². The molecule has 0 saturated heterocycles. The first-order valence-corrected chi connectivity index (χ1v) is 30.1. The molecule has 0 aliphatic heterocycles. The highest BCUT2D eigenvalue weighted by molar-refractivity contribution is 5.71. The van der Waals surface area contributed by atoms with Gasteiger partial charge in [0.25, 0.3) is 6.29 Å². The molecule has 2 atom stereocenters. The Labute approximate surface area is 460 Å². The lowest BCUT2D eigenvalue weighted by atomic mass is 10.1. The molecule has 9 nitrogen and oxygen atoms in total. The van der Waals surface area contributed by atoms with Crippen LogP contribution in [-0.2, 0) is 33.3 Å². The van der Waals surface area contributed by atoms with Crippen LogP contribution in [0.1, 0.15) is 232 Å². The van der Waals surface area contributed by atoms with E-state index in [0.29, 0.717) is 23.9 Å². The highest BCUT2D eigenvalue weighted by Gasteiger charge is 2.25. The van der Waals surface area contributed by atoms with Crippen LogP contribution in [-0.4, -0.2) is 87.4 Å². The molecule has 0 heterocycles. The molecule has 0 radical (unpaired) electrons. The Morgan fingerprint density at radius 3 is 1.13 bits per heavy atom. The molecule has 0 spiro atoms. The Morgan fingerprint density at radius 1 is 0.413 bits per heavy atom. The first-order valence-electron chi connectivity index (χ1n) is 30.1. The van der Waals surface area contributed by atoms with Crippen molar-refractivity contribution in [2.75, 3.05) is 47.5 Å². The second-order valence-electron chi connectivity index (χ2n) is 20.9. The number of carbonyl (C=O) groups is 3. The molecule has 2 unspecified atom stereocenters. The molecule has 0 aliphatic rings. The van der Waals surface area contributed by atoms with E-state index >= 15 is 0 Å². The fourth-order valence-corrected chi connectivity index (χ4v) is 7.91. The van der Waals surface area contributed by atoms with Crippen LogP contribution >= 0.6 is 0 Å². The molecule has 9 heteroatoms. The minimum Gasteiger partial charge on any atom is -0.477 e. The number of carboxylic acid groups (broad SMARTS) is 1. The fraction of sp³-hybridized carbons (Fsp3) is 0.682. The standard InChI is InChI=1S/C66H111NO8/c1-6-8-10-12-14-16-18-20-22-24-26-27-28-29-30-31-32-33-34-35-36-37-39-41-43-45-47-49-51-53-55-57-64(69)75-62(61-74-66(65(70)71)72-59-58-67(3,4)5)60-73-63(68)56-54-52-50-48-46-44-42-40-38-25-23-21-19-17-15-13-11-9-7-2/h8,10,14-17,20-23,26-27,29-30,32-33,35-36,62,66H,6-7,9,11-13,18-19,24-25,28,31,34,37-61H2,1-5H3/p+1/b10-8-,16-14-,17-15-,22-20-,23-21-,27-26-,30-29-,33-32-,36-35-. The molecule has 1 N–H and O–H groups in total. The van der Waals surface area contributed by atoms with Crippen LogP contribution in [0.25, 0.3) is 0 Å². The summed E-state index contributed by atoms with van der Waals surface area (Å²) in [5, 5.41) is 9.71. The smallest absolute Gasteiger partial charge is 0.361 e. The first-order chi connectivity index (χ1) is 36.6. The summed E-state index contributed by atoms with van der Waals surface area (Å²) in [6.07, 6.45) is 74.5. The number of ether oxygens (including phenoxy) is 4. The Hall–Kier alpha value is -4.05. The van der Waals surface area contributed by atoms with Crippen molar-refractivity contribution in [3.05, 3.63) is 109 Å². The Morgan fingerprint density at radius 2 is 0.760 bits per heavy atom. The zero-order valence-electron chi connectivity index (χ0n) is 48.7. The van der Waals surface area contributed by atoms with Crippen molar-refractivity contribution < 1.29 is 42.9 Å². The SMILES string of the molecule is CC/C=C\C/C=C\C/C=C\C/C=C\C/C=C\C/C=C\C/C=C\CCCCCCCCCCCC(=O)OC(COC(=O)CCCCCCCCCCC/C=C\C/C=C\CCCCC)COC(OCC[N+](C)(C)C)C(=O)O. The molecule has 0 aromatic carbocycles. The maximum Gasteiger partial charge on any atom is 0.361 e. The average molecular weight is 1050 g/mol. The van der Waals surface area contributed by atoms with Gasteiger partial charge < -0.3 is 28.5 Å². The number of hydrogen-bond acceptors (Lipinski definition) is 7. The van der Waals surface area contributed by atoms with Crippen LogP contribution in [0.3, 0.4) is 0 Å². The van der Waals surface area contributed by atoms with Gasteiger partial charge in [0.15, 0.2) is 6.10 Å². The molecule has 0 saturated carbocycles. The summed E-state index contributed by atoms with van der Waals surface area (Å²) in [5.74, 6) is -2.03. The van der Waals surface area contributed by atoms with Gasteiger partial charge in [-0.1, -0.05) is 226 Å². The third kappa shape index (κ3) is 57.5. The Kier molecular flexibility index (Phi) is 53.1. The van der Waals surface area contributed by atoms with Gasteiger partial charge >= 0.3 is 17.9 Å². The third-order valence-electron chi connectivity index (χ3n) is 12.5. The normalized spacial score (nSPS) is 13.6. The summed E-state index contributed by atoms with van der Waals surface area (Å²) in [6, 6.07) is 0. The summed E-state index contributed by atoms with van der Waals surface area (Å²) >= 11 is 0. The monoisotopic (exact) mass is 1050 g/mol. The van der Waals surface area contributed by atoms with Crippen LogP contribution in [0.2, 0.25) is 0 Å². The van der Waals surface area contributed by atoms with Crippen molar-refractivity contribution in [1.82, 2.24) is 0 Å². The molecule has 0 aliphatic carbocycles. The summed E-state index contributed by atoms with van der Waals surface area (Å²) < 4.78 is 22.9. The number of hydrogen-bond donors (Lipinski definition) is 1. The molecule has 428 valence electrons. The Bertz CT molecular complexity index is 1590. The van der Waals surface area contributed by atoms with Gasteiger partial charge in [0, 0.05) is 12.8 Å². The first kappa shape index (κ1) is 71.0. The number of allylic oxidation sites excluding steroid dienone is 18. The second-order valence-corrected chi connectivity index (χ2v) is 20.9. The lowest BCUT2D eigenvalue weighted by Crippen LogP contribution is -2.40. The van der Waals surface area contributed by atoms with E-state index in [1.54, 1.807) is 0 Å². The quantitative estimate of drug-likeness (QED) is 0.0211. The number of nitrogens with zero attached hydrogens (tertiary/aromatic N) is 1. The number of likely N-dealkylation sites (N-methyl/N-ethyl adjacent to an activating group) is 1. The largest absolute Gasteiger partial charge is 0.477 e. The molecule has 0 aromatic rings. The number of carboxylic acids is 1. The highest BCUT2D eigenvalue weighted by atomic mass is 16.7. The van der Waals surface area contributed by atoms with E-state index in [-0.39, 0.29) is 32.2 Å². The van der Waals surface area contributed by atoms with E-state index in [4.69, 9.17) is 18.9 Å². The molecule has 0 bridgehead atoms. The highest BCUT2D eigenvalue weighted by Crippen LogP contribution is 2.15. The van der Waals surface area contributed by atoms with Crippen LogP contribution in [0.4, 0.5) is 0 Å². The van der Waals surface area contributed by atoms with E-state index in [1.807, 2.05) is 21.1 Å². The minimum atomic E-state index is -1.52. The van der Waals surface area contributed by atoms with Crippen LogP contribution in [0.15, 0.2) is 109 Å². The van der Waals surface area contributed by atoms with E-state index in [2.05, 4.69) is 123 Å². The summed E-state index contributed by atoms with van der Waals surface area (Å²) in [4.78, 5) is 37.5. The maximum atomic E-state index is 12.9. The van der Waals surface area contributed by atoms with Gasteiger partial charge in [0.2, 0.25) is 0 Å². The van der Waals surface area contributed by atoms with Crippen LogP contribution < -0.4 is 0 Å². The number of carbonyl (C=O) groups excluding carboxylic acids is 2.